The second kappa shape index (κ2) is 10.8. The van der Waals surface area contributed by atoms with Gasteiger partial charge in [0.15, 0.2) is 5.60 Å². The summed E-state index contributed by atoms with van der Waals surface area (Å²) in [6, 6.07) is 0. The molecular weight excluding hydrogens is 282 g/mol. The molecule has 0 aromatic heterocycles. The van der Waals surface area contributed by atoms with Crippen molar-refractivity contribution in [1.29, 1.82) is 0 Å². The van der Waals surface area contributed by atoms with Gasteiger partial charge in [0.2, 0.25) is 0 Å². The molecule has 0 aromatic rings. The Bertz CT molecular complexity index is 273. The van der Waals surface area contributed by atoms with Crippen LogP contribution in [-0.2, 0) is 14.4 Å². The van der Waals surface area contributed by atoms with Crippen LogP contribution in [0.3, 0.4) is 0 Å². The van der Waals surface area contributed by atoms with Crippen LogP contribution in [0.4, 0.5) is 0 Å². The first-order chi connectivity index (χ1) is 7.51. The van der Waals surface area contributed by atoms with Gasteiger partial charge in [0.05, 0.1) is 6.42 Å². The number of rotatable bonds is 5. The zero-order chi connectivity index (χ0) is 14.2. The molecule has 0 aromatic carbocycles. The molecule has 18 heavy (non-hydrogen) atoms. The van der Waals surface area contributed by atoms with Gasteiger partial charge in [0, 0.05) is 12.4 Å². The van der Waals surface area contributed by atoms with Gasteiger partial charge in [0.1, 0.15) is 0 Å². The molecule has 10 nitrogen and oxygen atoms in total. The molecule has 0 rings (SSSR count). The van der Waals surface area contributed by atoms with Crippen molar-refractivity contribution in [2.75, 3.05) is 0 Å². The van der Waals surface area contributed by atoms with Crippen molar-refractivity contribution < 1.29 is 101 Å². The zero-order valence-corrected chi connectivity index (χ0v) is 12.4. The largest absolute Gasteiger partial charge is 1.00 e. The average Bonchev–Trinajstić information content (AvgIpc) is 1.98. The van der Waals surface area contributed by atoms with E-state index in [-0.39, 0.29) is 51.4 Å². The van der Waals surface area contributed by atoms with E-state index < -0.39 is 43.7 Å². The van der Waals surface area contributed by atoms with Crippen LogP contribution < -0.4 is 56.5 Å². The van der Waals surface area contributed by atoms with E-state index in [4.69, 9.17) is 30.4 Å². The van der Waals surface area contributed by atoms with Crippen molar-refractivity contribution in [2.45, 2.75) is 18.4 Å². The van der Waals surface area contributed by atoms with Crippen molar-refractivity contribution in [2.24, 2.45) is 0 Å². The van der Waals surface area contributed by atoms with Gasteiger partial charge in [0.25, 0.3) is 0 Å². The van der Waals surface area contributed by atoms with Crippen LogP contribution in [0.25, 0.3) is 0 Å². The van der Waals surface area contributed by atoms with Crippen LogP contribution in [-0.4, -0.2) is 61.2 Å². The maximum absolute atomic E-state index is 10.3. The molecule has 0 aliphatic rings. The summed E-state index contributed by atoms with van der Waals surface area (Å²) in [5.74, 6) is -5.34. The molecule has 0 saturated carbocycles. The first-order valence-corrected chi connectivity index (χ1v) is 3.93. The summed E-state index contributed by atoms with van der Waals surface area (Å²) in [7, 11) is -2.17. The fourth-order valence-corrected chi connectivity index (χ4v) is 0.703. The molecule has 0 aliphatic carbocycles. The maximum atomic E-state index is 10.3. The van der Waals surface area contributed by atoms with Crippen molar-refractivity contribution in [3.63, 3.8) is 0 Å². The number of hydrogen-bond donors (Lipinski definition) is 6. The van der Waals surface area contributed by atoms with Crippen LogP contribution in [0, 0.1) is 0 Å². The topological polar surface area (TPSA) is 196 Å². The Morgan fingerprint density at radius 1 is 1.06 bits per heavy atom. The minimum absolute atomic E-state index is 0. The van der Waals surface area contributed by atoms with Crippen LogP contribution in [0.15, 0.2) is 0 Å². The molecule has 0 heterocycles. The maximum Gasteiger partial charge on any atom is 1.00 e. The van der Waals surface area contributed by atoms with E-state index in [1.165, 1.54) is 0 Å². The number of carboxylic acids is 3. The number of aliphatic hydroxyl groups is 1. The Morgan fingerprint density at radius 3 is 1.56 bits per heavy atom. The normalized spacial score (nSPS) is 12.0. The monoisotopic (exact) mass is 292 g/mol. The Labute approximate surface area is 143 Å². The third-order valence-corrected chi connectivity index (χ3v) is 1.28. The Balaban J connectivity index is -0.000000392. The van der Waals surface area contributed by atoms with Gasteiger partial charge in [-0.3, -0.25) is 4.79 Å². The quantitative estimate of drug-likeness (QED) is 0.265. The summed E-state index contributed by atoms with van der Waals surface area (Å²) < 4.78 is 0. The van der Waals surface area contributed by atoms with E-state index in [0.717, 1.165) is 0 Å². The summed E-state index contributed by atoms with van der Waals surface area (Å²) in [4.78, 5) is 30.3. The minimum Gasteiger partial charge on any atom is -0.550 e. The van der Waals surface area contributed by atoms with Gasteiger partial charge in [-0.25, -0.2) is 4.79 Å². The van der Waals surface area contributed by atoms with Crippen molar-refractivity contribution >= 4 is 25.2 Å². The summed E-state index contributed by atoms with van der Waals surface area (Å²) in [5.41, 5.74) is -2.80. The van der Waals surface area contributed by atoms with E-state index in [0.29, 0.717) is 0 Å². The van der Waals surface area contributed by atoms with E-state index in [2.05, 4.69) is 0 Å². The van der Waals surface area contributed by atoms with E-state index in [9.17, 15) is 19.5 Å². The molecule has 0 fully saturated rings. The van der Waals surface area contributed by atoms with E-state index >= 15 is 0 Å². The number of carboxylic acid groups (broad SMARTS) is 3. The molecule has 0 spiro atoms. The van der Waals surface area contributed by atoms with E-state index in [1.54, 1.807) is 0 Å². The van der Waals surface area contributed by atoms with Gasteiger partial charge in [-0.05, 0) is 0 Å². The van der Waals surface area contributed by atoms with Crippen LogP contribution in [0.2, 0.25) is 0 Å². The molecule has 6 N–H and O–H groups in total. The van der Waals surface area contributed by atoms with Gasteiger partial charge < -0.3 is 40.3 Å². The number of hydrogen-bond acceptors (Lipinski definition) is 8. The summed E-state index contributed by atoms with van der Waals surface area (Å²) in [6.45, 7) is 0. The molecular formula is C6H10BKO10. The third kappa shape index (κ3) is 14.0. The fraction of sp³-hybridized carbons (Fsp3) is 0.500. The molecule has 1 unspecified atom stereocenters. The first kappa shape index (κ1) is 23.1. The van der Waals surface area contributed by atoms with Crippen LogP contribution >= 0.6 is 0 Å². The Kier molecular flexibility index (Phi) is 13.9. The van der Waals surface area contributed by atoms with Crippen molar-refractivity contribution in [3.05, 3.63) is 0 Å². The summed E-state index contributed by atoms with van der Waals surface area (Å²) >= 11 is 0. The molecule has 0 amide bonds. The summed E-state index contributed by atoms with van der Waals surface area (Å²) in [6.07, 6.45) is -2.44. The number of aliphatic carboxylic acids is 3. The average molecular weight is 292 g/mol. The summed E-state index contributed by atoms with van der Waals surface area (Å²) in [5, 5.41) is 57.0. The standard InChI is InChI=1S/C6H8O7.BH3O3.K/c7-3(8)1-6(13,5(11)12)2-4(9)10;2-1(3)4;/h13H,1-2H2,(H,7,8)(H,9,10)(H,11,12);2-4H;/q;;+1/p-1. The zero-order valence-electron chi connectivity index (χ0n) is 9.31. The fourth-order valence-electron chi connectivity index (χ4n) is 0.703. The molecule has 0 aliphatic heterocycles. The predicted molar refractivity (Wildman–Crippen MR) is 46.9 cm³/mol. The molecule has 98 valence electrons. The van der Waals surface area contributed by atoms with Gasteiger partial charge in [-0.15, -0.1) is 0 Å². The Hall–Kier alpha value is -0.0487. The van der Waals surface area contributed by atoms with Gasteiger partial charge >= 0.3 is 70.6 Å². The molecule has 0 saturated heterocycles. The smallest absolute Gasteiger partial charge is 0.550 e. The van der Waals surface area contributed by atoms with Crippen LogP contribution in [0.1, 0.15) is 12.8 Å². The molecule has 12 heteroatoms. The predicted octanol–water partition coefficient (Wildman–Crippen LogP) is -7.63. The van der Waals surface area contributed by atoms with E-state index in [1.807, 2.05) is 0 Å². The third-order valence-electron chi connectivity index (χ3n) is 1.28. The molecule has 0 radical (unpaired) electrons. The number of carbonyl (C=O) groups excluding carboxylic acids is 1. The minimum atomic E-state index is -2.80. The van der Waals surface area contributed by atoms with Crippen molar-refractivity contribution in [1.82, 2.24) is 0 Å². The van der Waals surface area contributed by atoms with Gasteiger partial charge in [-0.1, -0.05) is 0 Å². The molecule has 1 atom stereocenters. The first-order valence-electron chi connectivity index (χ1n) is 3.93. The Morgan fingerprint density at radius 2 is 1.39 bits per heavy atom. The van der Waals surface area contributed by atoms with Crippen molar-refractivity contribution in [3.8, 4) is 0 Å². The second-order valence-electron chi connectivity index (χ2n) is 2.80. The van der Waals surface area contributed by atoms with Gasteiger partial charge in [-0.2, -0.15) is 0 Å². The number of carbonyl (C=O) groups is 3. The molecule has 0 bridgehead atoms. The van der Waals surface area contributed by atoms with Crippen LogP contribution in [0.5, 0.6) is 0 Å². The SMILES string of the molecule is O=C([O-])CC(O)(CC(=O)O)C(=O)O.OB(O)O.[K+]. The second-order valence-corrected chi connectivity index (χ2v) is 2.80.